The van der Waals surface area contributed by atoms with E-state index in [1.807, 2.05) is 45.0 Å². The minimum Gasteiger partial charge on any atom is -0.496 e. The molecule has 1 aromatic rings. The predicted octanol–water partition coefficient (Wildman–Crippen LogP) is 2.43. The number of carbonyl (C=O) groups excluding carboxylic acids is 1. The lowest BCUT2D eigenvalue weighted by Crippen LogP contribution is -2.26. The number of rotatable bonds is 4. The van der Waals surface area contributed by atoms with Crippen LogP contribution >= 0.6 is 0 Å². The smallest absolute Gasteiger partial charge is 0.308 e. The summed E-state index contributed by atoms with van der Waals surface area (Å²) in [6.07, 6.45) is 0.137. The van der Waals surface area contributed by atoms with Gasteiger partial charge in [0.2, 0.25) is 0 Å². The van der Waals surface area contributed by atoms with Crippen molar-refractivity contribution in [3.63, 3.8) is 0 Å². The third-order valence-corrected chi connectivity index (χ3v) is 2.34. The Hall–Kier alpha value is -1.55. The molecule has 0 spiro atoms. The number of nitrogens with two attached hydrogens (primary N) is 1. The molecule has 0 saturated carbocycles. The molecule has 0 aliphatic heterocycles. The Labute approximate surface area is 108 Å². The van der Waals surface area contributed by atoms with Gasteiger partial charge in [0.1, 0.15) is 11.4 Å². The number of benzene rings is 1. The highest BCUT2D eigenvalue weighted by Crippen LogP contribution is 2.25. The van der Waals surface area contributed by atoms with Gasteiger partial charge in [-0.05, 0) is 26.8 Å². The lowest BCUT2D eigenvalue weighted by Gasteiger charge is -2.21. The fourth-order valence-corrected chi connectivity index (χ4v) is 1.65. The normalized spacial score (nSPS) is 12.9. The van der Waals surface area contributed by atoms with E-state index in [0.29, 0.717) is 5.75 Å². The molecular formula is C14H21NO3. The molecule has 0 aromatic heterocycles. The molecule has 18 heavy (non-hydrogen) atoms. The zero-order valence-electron chi connectivity index (χ0n) is 11.4. The van der Waals surface area contributed by atoms with Gasteiger partial charge in [-0.15, -0.1) is 0 Å². The number of esters is 1. The number of methoxy groups -OCH3 is 1. The minimum absolute atomic E-state index is 0.137. The predicted molar refractivity (Wildman–Crippen MR) is 70.4 cm³/mol. The molecule has 2 N–H and O–H groups in total. The first-order valence-corrected chi connectivity index (χ1v) is 5.94. The van der Waals surface area contributed by atoms with Crippen LogP contribution in [0.1, 0.15) is 38.8 Å². The van der Waals surface area contributed by atoms with Gasteiger partial charge < -0.3 is 15.2 Å². The van der Waals surface area contributed by atoms with Crippen molar-refractivity contribution in [2.45, 2.75) is 38.8 Å². The topological polar surface area (TPSA) is 61.5 Å². The van der Waals surface area contributed by atoms with E-state index in [4.69, 9.17) is 15.2 Å². The molecule has 0 fully saturated rings. The van der Waals surface area contributed by atoms with Crippen LogP contribution in [-0.4, -0.2) is 18.7 Å². The average Bonchev–Trinajstić information content (AvgIpc) is 2.26. The number of hydrogen-bond donors (Lipinski definition) is 1. The van der Waals surface area contributed by atoms with Gasteiger partial charge in [-0.3, -0.25) is 4.79 Å². The largest absolute Gasteiger partial charge is 0.496 e. The molecule has 0 aliphatic carbocycles. The van der Waals surface area contributed by atoms with E-state index in [2.05, 4.69) is 0 Å². The van der Waals surface area contributed by atoms with Gasteiger partial charge in [0.25, 0.3) is 0 Å². The van der Waals surface area contributed by atoms with Crippen LogP contribution in [0.15, 0.2) is 24.3 Å². The molecule has 4 nitrogen and oxygen atoms in total. The van der Waals surface area contributed by atoms with E-state index in [1.165, 1.54) is 0 Å². The lowest BCUT2D eigenvalue weighted by atomic mass is 10.0. The fraction of sp³-hybridized carbons (Fsp3) is 0.500. The summed E-state index contributed by atoms with van der Waals surface area (Å²) in [6, 6.07) is 6.99. The Morgan fingerprint density at radius 3 is 2.50 bits per heavy atom. The van der Waals surface area contributed by atoms with Crippen molar-refractivity contribution in [3.05, 3.63) is 29.8 Å². The van der Waals surface area contributed by atoms with Crippen molar-refractivity contribution in [1.82, 2.24) is 0 Å². The van der Waals surface area contributed by atoms with Crippen LogP contribution < -0.4 is 10.5 Å². The van der Waals surface area contributed by atoms with Crippen LogP contribution in [0.4, 0.5) is 0 Å². The van der Waals surface area contributed by atoms with E-state index < -0.39 is 11.6 Å². The number of hydrogen-bond acceptors (Lipinski definition) is 4. The second-order valence-electron chi connectivity index (χ2n) is 5.14. The molecule has 0 aliphatic rings. The summed E-state index contributed by atoms with van der Waals surface area (Å²) in [6.45, 7) is 5.50. The maximum absolute atomic E-state index is 11.7. The van der Waals surface area contributed by atoms with Gasteiger partial charge in [0.05, 0.1) is 13.5 Å². The summed E-state index contributed by atoms with van der Waals surface area (Å²) >= 11 is 0. The number of ether oxygens (including phenoxy) is 2. The van der Waals surface area contributed by atoms with Gasteiger partial charge >= 0.3 is 5.97 Å². The maximum atomic E-state index is 11.7. The Morgan fingerprint density at radius 2 is 1.94 bits per heavy atom. The second-order valence-corrected chi connectivity index (χ2v) is 5.14. The molecule has 4 heteroatoms. The first-order chi connectivity index (χ1) is 8.33. The van der Waals surface area contributed by atoms with Crippen molar-refractivity contribution < 1.29 is 14.3 Å². The van der Waals surface area contributed by atoms with E-state index >= 15 is 0 Å². The maximum Gasteiger partial charge on any atom is 0.308 e. The summed E-state index contributed by atoms with van der Waals surface area (Å²) in [5.74, 6) is 0.384. The Morgan fingerprint density at radius 1 is 1.33 bits per heavy atom. The van der Waals surface area contributed by atoms with Crippen molar-refractivity contribution in [1.29, 1.82) is 0 Å². The molecule has 1 rings (SSSR count). The van der Waals surface area contributed by atoms with Gasteiger partial charge in [-0.1, -0.05) is 18.2 Å². The first-order valence-electron chi connectivity index (χ1n) is 5.94. The highest BCUT2D eigenvalue weighted by atomic mass is 16.6. The van der Waals surface area contributed by atoms with Gasteiger partial charge in [0.15, 0.2) is 0 Å². The van der Waals surface area contributed by atoms with Gasteiger partial charge in [0, 0.05) is 11.6 Å². The summed E-state index contributed by atoms with van der Waals surface area (Å²) in [7, 11) is 1.58. The zero-order chi connectivity index (χ0) is 13.8. The fourth-order valence-electron chi connectivity index (χ4n) is 1.65. The lowest BCUT2D eigenvalue weighted by molar-refractivity contribution is -0.155. The second kappa shape index (κ2) is 5.87. The van der Waals surface area contributed by atoms with Crippen molar-refractivity contribution in [3.8, 4) is 5.75 Å². The van der Waals surface area contributed by atoms with Gasteiger partial charge in [-0.2, -0.15) is 0 Å². The Balaban J connectivity index is 2.70. The third kappa shape index (κ3) is 4.37. The Kier molecular flexibility index (Phi) is 4.73. The number of para-hydroxylation sites is 1. The standard InChI is InChI=1S/C14H21NO3/c1-14(2,3)18-13(16)9-11(15)10-7-5-6-8-12(10)17-4/h5-8,11H,9,15H2,1-4H3. The molecule has 1 unspecified atom stereocenters. The summed E-state index contributed by atoms with van der Waals surface area (Å²) < 4.78 is 10.5. The number of carbonyl (C=O) groups is 1. The van der Waals surface area contributed by atoms with Crippen LogP contribution in [-0.2, 0) is 9.53 Å². The van der Waals surface area contributed by atoms with Crippen LogP contribution in [0.2, 0.25) is 0 Å². The summed E-state index contributed by atoms with van der Waals surface area (Å²) in [5.41, 5.74) is 6.33. The van der Waals surface area contributed by atoms with Crippen LogP contribution in [0.25, 0.3) is 0 Å². The molecule has 1 aromatic carbocycles. The van der Waals surface area contributed by atoms with Crippen LogP contribution in [0.3, 0.4) is 0 Å². The zero-order valence-corrected chi connectivity index (χ0v) is 11.4. The molecule has 0 amide bonds. The first kappa shape index (κ1) is 14.5. The summed E-state index contributed by atoms with van der Waals surface area (Å²) in [5, 5.41) is 0. The summed E-state index contributed by atoms with van der Waals surface area (Å²) in [4.78, 5) is 11.7. The van der Waals surface area contributed by atoms with Crippen molar-refractivity contribution >= 4 is 5.97 Å². The van der Waals surface area contributed by atoms with E-state index in [9.17, 15) is 4.79 Å². The molecule has 0 saturated heterocycles. The highest BCUT2D eigenvalue weighted by Gasteiger charge is 2.20. The monoisotopic (exact) mass is 251 g/mol. The third-order valence-electron chi connectivity index (χ3n) is 2.34. The molecule has 0 bridgehead atoms. The van der Waals surface area contributed by atoms with Crippen LogP contribution in [0.5, 0.6) is 5.75 Å². The molecule has 0 radical (unpaired) electrons. The average molecular weight is 251 g/mol. The Bertz CT molecular complexity index is 410. The van der Waals surface area contributed by atoms with Gasteiger partial charge in [-0.25, -0.2) is 0 Å². The van der Waals surface area contributed by atoms with E-state index in [0.717, 1.165) is 5.56 Å². The molecule has 1 atom stereocenters. The molecule has 0 heterocycles. The van der Waals surface area contributed by atoms with E-state index in [1.54, 1.807) is 7.11 Å². The van der Waals surface area contributed by atoms with Crippen molar-refractivity contribution in [2.75, 3.05) is 7.11 Å². The minimum atomic E-state index is -0.489. The van der Waals surface area contributed by atoms with Crippen LogP contribution in [0, 0.1) is 0 Å². The van der Waals surface area contributed by atoms with Crippen molar-refractivity contribution in [2.24, 2.45) is 5.73 Å². The molecular weight excluding hydrogens is 230 g/mol. The quantitative estimate of drug-likeness (QED) is 0.835. The molecule has 100 valence electrons. The highest BCUT2D eigenvalue weighted by molar-refractivity contribution is 5.71. The SMILES string of the molecule is COc1ccccc1C(N)CC(=O)OC(C)(C)C. The van der Waals surface area contributed by atoms with E-state index in [-0.39, 0.29) is 12.4 Å².